The third-order valence-electron chi connectivity index (χ3n) is 7.62. The molecule has 0 unspecified atom stereocenters. The minimum atomic E-state index is 0.0633. The molecule has 2 aromatic rings. The van der Waals surface area contributed by atoms with E-state index in [0.717, 1.165) is 89.3 Å². The van der Waals surface area contributed by atoms with Gasteiger partial charge in [0.1, 0.15) is 5.82 Å². The SMILES string of the molecule is O=C(C1CN(c2c3c(nc4ccnn24)CCNCC3)C1)N1CCC(OCC2=CCCC=C2)CC1. The van der Waals surface area contributed by atoms with E-state index >= 15 is 0 Å². The Kier molecular flexibility index (Phi) is 6.09. The smallest absolute Gasteiger partial charge is 0.229 e. The van der Waals surface area contributed by atoms with Gasteiger partial charge >= 0.3 is 0 Å². The summed E-state index contributed by atoms with van der Waals surface area (Å²) in [5.74, 6) is 1.50. The molecule has 34 heavy (non-hydrogen) atoms. The molecule has 0 radical (unpaired) electrons. The lowest BCUT2D eigenvalue weighted by Gasteiger charge is -2.44. The zero-order valence-corrected chi connectivity index (χ0v) is 19.8. The largest absolute Gasteiger partial charge is 0.373 e. The standard InChI is InChI=1S/C26H34N6O2/c33-26(30-14-9-21(10-15-30)34-18-19-4-2-1-3-5-19)20-16-31(17-20)25-22-6-11-27-12-7-23(22)29-24-8-13-28-32(24)25/h2,4-5,8,13,20-21,27H,1,3,6-7,9-12,14-18H2. The van der Waals surface area contributed by atoms with Crippen LogP contribution in [0.25, 0.3) is 5.65 Å². The highest BCUT2D eigenvalue weighted by Crippen LogP contribution is 2.32. The number of rotatable bonds is 5. The lowest BCUT2D eigenvalue weighted by Crippen LogP contribution is -2.56. The second kappa shape index (κ2) is 9.50. The summed E-state index contributed by atoms with van der Waals surface area (Å²) in [5, 5.41) is 8.03. The summed E-state index contributed by atoms with van der Waals surface area (Å²) >= 11 is 0. The normalized spacial score (nSPS) is 21.8. The van der Waals surface area contributed by atoms with Crippen LogP contribution >= 0.6 is 0 Å². The number of ether oxygens (including phenoxy) is 1. The van der Waals surface area contributed by atoms with Crippen LogP contribution in [0.3, 0.4) is 0 Å². The molecule has 3 aliphatic heterocycles. The van der Waals surface area contributed by atoms with E-state index in [-0.39, 0.29) is 12.0 Å². The van der Waals surface area contributed by atoms with Crippen molar-refractivity contribution in [1.29, 1.82) is 0 Å². The van der Waals surface area contributed by atoms with E-state index in [4.69, 9.17) is 9.72 Å². The van der Waals surface area contributed by atoms with E-state index in [1.54, 1.807) is 0 Å². The van der Waals surface area contributed by atoms with Crippen molar-refractivity contribution in [3.05, 3.63) is 47.3 Å². The first-order valence-corrected chi connectivity index (χ1v) is 12.8. The Balaban J connectivity index is 1.06. The van der Waals surface area contributed by atoms with Gasteiger partial charge in [-0.25, -0.2) is 4.98 Å². The van der Waals surface area contributed by atoms with Gasteiger partial charge in [-0.15, -0.1) is 0 Å². The number of fused-ring (bicyclic) bond motifs is 2. The third-order valence-corrected chi connectivity index (χ3v) is 7.62. The van der Waals surface area contributed by atoms with Gasteiger partial charge in [0, 0.05) is 50.8 Å². The molecule has 4 aliphatic rings. The zero-order chi connectivity index (χ0) is 22.9. The number of aromatic nitrogens is 3. The van der Waals surface area contributed by atoms with Gasteiger partial charge < -0.3 is 19.9 Å². The Morgan fingerprint density at radius 1 is 1.15 bits per heavy atom. The van der Waals surface area contributed by atoms with Crippen LogP contribution in [0.2, 0.25) is 0 Å². The molecular weight excluding hydrogens is 428 g/mol. The lowest BCUT2D eigenvalue weighted by atomic mass is 9.95. The third kappa shape index (κ3) is 4.25. The molecule has 8 heteroatoms. The summed E-state index contributed by atoms with van der Waals surface area (Å²) in [7, 11) is 0. The fourth-order valence-electron chi connectivity index (χ4n) is 5.64. The molecule has 0 aromatic carbocycles. The number of likely N-dealkylation sites (tertiary alicyclic amines) is 1. The molecule has 180 valence electrons. The number of hydrogen-bond donors (Lipinski definition) is 1. The first kappa shape index (κ1) is 21.8. The van der Waals surface area contributed by atoms with Crippen LogP contribution in [0.15, 0.2) is 36.1 Å². The average molecular weight is 463 g/mol. The van der Waals surface area contributed by atoms with Crippen LogP contribution < -0.4 is 10.2 Å². The summed E-state index contributed by atoms with van der Waals surface area (Å²) < 4.78 is 8.10. The molecule has 2 aromatic heterocycles. The van der Waals surface area contributed by atoms with Crippen LogP contribution in [-0.4, -0.2) is 77.4 Å². The number of amides is 1. The number of hydrogen-bond acceptors (Lipinski definition) is 6. The molecule has 1 amide bonds. The highest BCUT2D eigenvalue weighted by Gasteiger charge is 2.39. The summed E-state index contributed by atoms with van der Waals surface area (Å²) in [4.78, 5) is 22.5. The van der Waals surface area contributed by atoms with Gasteiger partial charge in [-0.1, -0.05) is 18.2 Å². The first-order chi connectivity index (χ1) is 16.8. The summed E-state index contributed by atoms with van der Waals surface area (Å²) in [6, 6.07) is 1.97. The van der Waals surface area contributed by atoms with Crippen LogP contribution in [0, 0.1) is 5.92 Å². The van der Waals surface area contributed by atoms with E-state index in [1.807, 2.05) is 16.8 Å². The Bertz CT molecular complexity index is 1110. The van der Waals surface area contributed by atoms with Gasteiger partial charge in [0.15, 0.2) is 5.65 Å². The Morgan fingerprint density at radius 2 is 2.00 bits per heavy atom. The molecule has 6 rings (SSSR count). The van der Waals surface area contributed by atoms with Crippen molar-refractivity contribution in [1.82, 2.24) is 24.8 Å². The number of carbonyl (C=O) groups excluding carboxylic acids is 1. The van der Waals surface area contributed by atoms with E-state index in [2.05, 4.69) is 38.4 Å². The predicted octanol–water partition coefficient (Wildman–Crippen LogP) is 2.14. The first-order valence-electron chi connectivity index (χ1n) is 12.8. The molecule has 8 nitrogen and oxygen atoms in total. The van der Waals surface area contributed by atoms with Gasteiger partial charge in [0.25, 0.3) is 0 Å². The fraction of sp³-hybridized carbons (Fsp3) is 0.577. The molecule has 5 heterocycles. The van der Waals surface area contributed by atoms with Gasteiger partial charge in [0.2, 0.25) is 5.91 Å². The number of nitrogens with one attached hydrogen (secondary N) is 1. The minimum Gasteiger partial charge on any atom is -0.373 e. The molecule has 0 atom stereocenters. The monoisotopic (exact) mass is 462 g/mol. The minimum absolute atomic E-state index is 0.0633. The maximum absolute atomic E-state index is 13.2. The number of allylic oxidation sites excluding steroid dienone is 2. The molecule has 0 spiro atoms. The summed E-state index contributed by atoms with van der Waals surface area (Å²) in [5.41, 5.74) is 4.64. The Hall–Kier alpha value is -2.71. The van der Waals surface area contributed by atoms with Crippen molar-refractivity contribution in [2.45, 2.75) is 44.6 Å². The highest BCUT2D eigenvalue weighted by atomic mass is 16.5. The van der Waals surface area contributed by atoms with Crippen molar-refractivity contribution < 1.29 is 9.53 Å². The topological polar surface area (TPSA) is 75.0 Å². The second-order valence-corrected chi connectivity index (χ2v) is 9.91. The molecule has 2 saturated heterocycles. The van der Waals surface area contributed by atoms with Crippen molar-refractivity contribution in [3.8, 4) is 0 Å². The maximum atomic E-state index is 13.2. The van der Waals surface area contributed by atoms with Crippen molar-refractivity contribution in [3.63, 3.8) is 0 Å². The fourth-order valence-corrected chi connectivity index (χ4v) is 5.64. The van der Waals surface area contributed by atoms with E-state index < -0.39 is 0 Å². The van der Waals surface area contributed by atoms with Crippen molar-refractivity contribution in [2.75, 3.05) is 50.8 Å². The predicted molar refractivity (Wildman–Crippen MR) is 131 cm³/mol. The van der Waals surface area contributed by atoms with Crippen molar-refractivity contribution in [2.24, 2.45) is 5.92 Å². The molecule has 2 fully saturated rings. The van der Waals surface area contributed by atoms with Crippen LogP contribution in [-0.2, 0) is 22.4 Å². The van der Waals surface area contributed by atoms with Gasteiger partial charge in [0.05, 0.1) is 30.5 Å². The number of anilines is 1. The van der Waals surface area contributed by atoms with Crippen LogP contribution in [0.4, 0.5) is 5.82 Å². The Labute approximate surface area is 200 Å². The number of nitrogens with zero attached hydrogens (tertiary/aromatic N) is 5. The highest BCUT2D eigenvalue weighted by molar-refractivity contribution is 5.82. The Morgan fingerprint density at radius 3 is 2.82 bits per heavy atom. The lowest BCUT2D eigenvalue weighted by molar-refractivity contribution is -0.138. The number of carbonyl (C=O) groups is 1. The zero-order valence-electron chi connectivity index (χ0n) is 19.8. The van der Waals surface area contributed by atoms with Crippen LogP contribution in [0.5, 0.6) is 0 Å². The molecular formula is C26H34N6O2. The van der Waals surface area contributed by atoms with Gasteiger partial charge in [-0.05, 0) is 44.2 Å². The van der Waals surface area contributed by atoms with E-state index in [0.29, 0.717) is 12.5 Å². The molecule has 1 N–H and O–H groups in total. The molecule has 0 saturated carbocycles. The second-order valence-electron chi connectivity index (χ2n) is 9.91. The van der Waals surface area contributed by atoms with Gasteiger partial charge in [-0.2, -0.15) is 9.61 Å². The van der Waals surface area contributed by atoms with Crippen molar-refractivity contribution >= 4 is 17.4 Å². The molecule has 1 aliphatic carbocycles. The molecule has 0 bridgehead atoms. The summed E-state index contributed by atoms with van der Waals surface area (Å²) in [6.45, 7) is 5.72. The maximum Gasteiger partial charge on any atom is 0.229 e. The van der Waals surface area contributed by atoms with E-state index in [1.165, 1.54) is 16.8 Å². The van der Waals surface area contributed by atoms with E-state index in [9.17, 15) is 4.79 Å². The average Bonchev–Trinajstić information content (AvgIpc) is 3.19. The quantitative estimate of drug-likeness (QED) is 0.734. The number of piperidine rings is 1. The van der Waals surface area contributed by atoms with Gasteiger partial charge in [-0.3, -0.25) is 4.79 Å². The van der Waals surface area contributed by atoms with Crippen LogP contribution in [0.1, 0.15) is 36.9 Å². The summed E-state index contributed by atoms with van der Waals surface area (Å²) in [6.07, 6.45) is 14.7.